The van der Waals surface area contributed by atoms with Gasteiger partial charge in [0.2, 0.25) is 0 Å². The maximum Gasteiger partial charge on any atom is 0.135 e. The first-order chi connectivity index (χ1) is 12.2. The van der Waals surface area contributed by atoms with Crippen LogP contribution in [0.15, 0.2) is 59.0 Å². The van der Waals surface area contributed by atoms with Crippen LogP contribution in [-0.2, 0) is 6.54 Å². The second-order valence-corrected chi connectivity index (χ2v) is 5.83. The lowest BCUT2D eigenvalue weighted by Gasteiger charge is -2.08. The highest BCUT2D eigenvalue weighted by atomic mass is 19.1. The van der Waals surface area contributed by atoms with E-state index in [-0.39, 0.29) is 12.1 Å². The van der Waals surface area contributed by atoms with Gasteiger partial charge in [-0.2, -0.15) is 0 Å². The molecule has 3 aromatic carbocycles. The zero-order valence-corrected chi connectivity index (χ0v) is 13.6. The average Bonchev–Trinajstić information content (AvgIpc) is 2.98. The van der Waals surface area contributed by atoms with Gasteiger partial charge in [-0.1, -0.05) is 6.07 Å². The summed E-state index contributed by atoms with van der Waals surface area (Å²) >= 11 is 0. The van der Waals surface area contributed by atoms with Gasteiger partial charge in [0.1, 0.15) is 22.8 Å². The minimum atomic E-state index is -0.555. The van der Waals surface area contributed by atoms with E-state index in [4.69, 9.17) is 4.42 Å². The van der Waals surface area contributed by atoms with Crippen LogP contribution in [0.2, 0.25) is 0 Å². The number of nitrogens with one attached hydrogen (secondary N) is 2. The van der Waals surface area contributed by atoms with Crippen LogP contribution in [0.4, 0.5) is 20.2 Å². The Hall–Kier alpha value is -3.08. The van der Waals surface area contributed by atoms with Gasteiger partial charge in [0.05, 0.1) is 0 Å². The zero-order valence-electron chi connectivity index (χ0n) is 13.6. The Morgan fingerprint density at radius 3 is 2.08 bits per heavy atom. The number of hydrogen-bond acceptors (Lipinski definition) is 3. The van der Waals surface area contributed by atoms with Crippen LogP contribution in [-0.4, -0.2) is 7.05 Å². The van der Waals surface area contributed by atoms with Crippen molar-refractivity contribution in [3.05, 3.63) is 71.8 Å². The molecule has 5 heteroatoms. The molecule has 4 rings (SSSR count). The first-order valence-corrected chi connectivity index (χ1v) is 7.96. The first-order valence-electron chi connectivity index (χ1n) is 7.96. The Labute approximate surface area is 143 Å². The van der Waals surface area contributed by atoms with Gasteiger partial charge in [0, 0.05) is 41.3 Å². The van der Waals surface area contributed by atoms with E-state index in [1.165, 1.54) is 18.2 Å². The highest BCUT2D eigenvalue weighted by Crippen LogP contribution is 2.32. The lowest BCUT2D eigenvalue weighted by molar-refractivity contribution is 0.560. The molecule has 25 heavy (non-hydrogen) atoms. The van der Waals surface area contributed by atoms with Crippen LogP contribution in [0, 0.1) is 11.6 Å². The van der Waals surface area contributed by atoms with E-state index in [0.717, 1.165) is 33.3 Å². The highest BCUT2D eigenvalue weighted by molar-refractivity contribution is 6.07. The van der Waals surface area contributed by atoms with Crippen molar-refractivity contribution in [1.29, 1.82) is 0 Å². The van der Waals surface area contributed by atoms with Gasteiger partial charge in [-0.3, -0.25) is 0 Å². The van der Waals surface area contributed by atoms with Crippen molar-refractivity contribution in [3.63, 3.8) is 0 Å². The summed E-state index contributed by atoms with van der Waals surface area (Å²) in [6.45, 7) is 0.0710. The summed E-state index contributed by atoms with van der Waals surface area (Å²) in [5.41, 5.74) is 3.35. The van der Waals surface area contributed by atoms with E-state index in [0.29, 0.717) is 0 Å². The lowest BCUT2D eigenvalue weighted by atomic mass is 10.1. The van der Waals surface area contributed by atoms with Crippen molar-refractivity contribution in [2.24, 2.45) is 0 Å². The molecule has 0 amide bonds. The highest BCUT2D eigenvalue weighted by Gasteiger charge is 2.10. The summed E-state index contributed by atoms with van der Waals surface area (Å²) < 4.78 is 33.3. The second kappa shape index (κ2) is 6.09. The molecule has 0 fully saturated rings. The number of hydrogen-bond donors (Lipinski definition) is 2. The van der Waals surface area contributed by atoms with Gasteiger partial charge >= 0.3 is 0 Å². The van der Waals surface area contributed by atoms with Crippen LogP contribution in [0.5, 0.6) is 0 Å². The molecule has 0 unspecified atom stereocenters. The smallest absolute Gasteiger partial charge is 0.135 e. The monoisotopic (exact) mass is 338 g/mol. The van der Waals surface area contributed by atoms with Crippen LogP contribution in [0.3, 0.4) is 0 Å². The maximum atomic E-state index is 13.7. The fourth-order valence-corrected chi connectivity index (χ4v) is 2.93. The summed E-state index contributed by atoms with van der Waals surface area (Å²) in [6, 6.07) is 15.4. The van der Waals surface area contributed by atoms with Gasteiger partial charge < -0.3 is 15.1 Å². The van der Waals surface area contributed by atoms with Crippen LogP contribution in [0.1, 0.15) is 5.56 Å². The molecule has 0 radical (unpaired) electrons. The number of anilines is 2. The number of furan rings is 1. The van der Waals surface area contributed by atoms with Gasteiger partial charge in [-0.15, -0.1) is 0 Å². The maximum absolute atomic E-state index is 13.7. The number of halogens is 2. The largest absolute Gasteiger partial charge is 0.456 e. The quantitative estimate of drug-likeness (QED) is 0.514. The number of benzene rings is 3. The molecule has 0 saturated carbocycles. The third-order valence-electron chi connectivity index (χ3n) is 4.29. The lowest BCUT2D eigenvalue weighted by Crippen LogP contribution is -2.04. The zero-order chi connectivity index (χ0) is 17.4. The Kier molecular flexibility index (Phi) is 3.76. The topological polar surface area (TPSA) is 37.2 Å². The van der Waals surface area contributed by atoms with Gasteiger partial charge in [0.25, 0.3) is 0 Å². The molecule has 0 aliphatic heterocycles. The molecule has 4 aromatic rings. The molecule has 0 atom stereocenters. The number of fused-ring (bicyclic) bond motifs is 3. The normalized spacial score (nSPS) is 11.2. The summed E-state index contributed by atoms with van der Waals surface area (Å²) in [7, 11) is 1.86. The first kappa shape index (κ1) is 15.4. The standard InChI is InChI=1S/C20H16F2N2O/c1-23-12-5-7-19-14(9-12)15-10-13(6-8-20(15)25-19)24-11-16-17(21)3-2-4-18(16)22/h2-10,23-24H,11H2,1H3. The molecular formula is C20H16F2N2O. The van der Waals surface area contributed by atoms with Gasteiger partial charge in [-0.05, 0) is 48.5 Å². The number of rotatable bonds is 4. The van der Waals surface area contributed by atoms with E-state index in [1.54, 1.807) is 0 Å². The molecular weight excluding hydrogens is 322 g/mol. The molecule has 1 aromatic heterocycles. The van der Waals surface area contributed by atoms with Crippen molar-refractivity contribution in [2.75, 3.05) is 17.7 Å². The summed E-state index contributed by atoms with van der Waals surface area (Å²) in [4.78, 5) is 0. The summed E-state index contributed by atoms with van der Waals surface area (Å²) in [6.07, 6.45) is 0. The van der Waals surface area contributed by atoms with E-state index < -0.39 is 11.6 Å². The van der Waals surface area contributed by atoms with Crippen LogP contribution in [0.25, 0.3) is 21.9 Å². The minimum absolute atomic E-state index is 0.0251. The average molecular weight is 338 g/mol. The predicted octanol–water partition coefficient (Wildman–Crippen LogP) is 5.52. The molecule has 0 spiro atoms. The Bertz CT molecular complexity index is 1050. The van der Waals surface area contributed by atoms with Crippen molar-refractivity contribution in [1.82, 2.24) is 0 Å². The molecule has 2 N–H and O–H groups in total. The summed E-state index contributed by atoms with van der Waals surface area (Å²) in [5, 5.41) is 8.13. The van der Waals surface area contributed by atoms with Crippen LogP contribution >= 0.6 is 0 Å². The van der Waals surface area contributed by atoms with Gasteiger partial charge in [-0.25, -0.2) is 8.78 Å². The predicted molar refractivity (Wildman–Crippen MR) is 97.0 cm³/mol. The Morgan fingerprint density at radius 1 is 0.840 bits per heavy atom. The van der Waals surface area contributed by atoms with E-state index >= 15 is 0 Å². The molecule has 3 nitrogen and oxygen atoms in total. The molecule has 0 aliphatic carbocycles. The SMILES string of the molecule is CNc1ccc2oc3ccc(NCc4c(F)cccc4F)cc3c2c1. The van der Waals surface area contributed by atoms with Gasteiger partial charge in [0.15, 0.2) is 0 Å². The minimum Gasteiger partial charge on any atom is -0.456 e. The van der Waals surface area contributed by atoms with E-state index in [9.17, 15) is 8.78 Å². The molecule has 0 bridgehead atoms. The van der Waals surface area contributed by atoms with Crippen molar-refractivity contribution in [3.8, 4) is 0 Å². The molecule has 1 heterocycles. The Morgan fingerprint density at radius 2 is 1.44 bits per heavy atom. The Balaban J connectivity index is 1.69. The molecule has 126 valence electrons. The molecule has 0 saturated heterocycles. The van der Waals surface area contributed by atoms with Crippen LogP contribution < -0.4 is 10.6 Å². The van der Waals surface area contributed by atoms with Crippen molar-refractivity contribution < 1.29 is 13.2 Å². The third-order valence-corrected chi connectivity index (χ3v) is 4.29. The van der Waals surface area contributed by atoms with E-state index in [2.05, 4.69) is 10.6 Å². The fraction of sp³-hybridized carbons (Fsp3) is 0.100. The molecule has 0 aliphatic rings. The second-order valence-electron chi connectivity index (χ2n) is 5.83. The fourth-order valence-electron chi connectivity index (χ4n) is 2.93. The van der Waals surface area contributed by atoms with Crippen molar-refractivity contribution in [2.45, 2.75) is 6.54 Å². The van der Waals surface area contributed by atoms with Crippen molar-refractivity contribution >= 4 is 33.3 Å². The van der Waals surface area contributed by atoms with E-state index in [1.807, 2.05) is 43.4 Å². The third kappa shape index (κ3) is 2.78. The summed E-state index contributed by atoms with van der Waals surface area (Å²) in [5.74, 6) is -1.11.